The van der Waals surface area contributed by atoms with Crippen LogP contribution in [0.1, 0.15) is 16.7 Å². The summed E-state index contributed by atoms with van der Waals surface area (Å²) in [5, 5.41) is 9.03. The summed E-state index contributed by atoms with van der Waals surface area (Å²) in [6.45, 7) is -0.355. The van der Waals surface area contributed by atoms with E-state index in [-0.39, 0.29) is 18.8 Å². The normalized spacial score (nSPS) is 21.8. The van der Waals surface area contributed by atoms with Crippen LogP contribution in [-0.4, -0.2) is 41.9 Å². The van der Waals surface area contributed by atoms with Gasteiger partial charge in [-0.2, -0.15) is 22.0 Å². The molecule has 0 aromatic heterocycles. The lowest BCUT2D eigenvalue weighted by atomic mass is 9.96. The molecule has 4 nitrogen and oxygen atoms in total. The van der Waals surface area contributed by atoms with Gasteiger partial charge < -0.3 is 9.84 Å². The van der Waals surface area contributed by atoms with E-state index in [1.165, 1.54) is 4.90 Å². The number of alkyl halides is 5. The molecule has 1 aromatic carbocycles. The number of hydrogen-bond acceptors (Lipinski definition) is 3. The first-order chi connectivity index (χ1) is 11.5. The number of carbonyl (C=O) groups is 1. The minimum Gasteiger partial charge on any atom is -0.481 e. The van der Waals surface area contributed by atoms with Crippen LogP contribution >= 0.6 is 0 Å². The van der Waals surface area contributed by atoms with Crippen molar-refractivity contribution in [2.75, 3.05) is 13.1 Å². The summed E-state index contributed by atoms with van der Waals surface area (Å²) in [4.78, 5) is 12.5. The number of hydrogen-bond donors (Lipinski definition) is 1. The third-order valence-corrected chi connectivity index (χ3v) is 4.27. The molecule has 2 atom stereocenters. The number of aryl methyl sites for hydroxylation is 2. The van der Waals surface area contributed by atoms with Crippen LogP contribution < -0.4 is 4.74 Å². The Morgan fingerprint density at radius 3 is 2.24 bits per heavy atom. The van der Waals surface area contributed by atoms with Gasteiger partial charge in [-0.15, -0.1) is 0 Å². The molecule has 9 heteroatoms. The number of halogens is 5. The van der Waals surface area contributed by atoms with Gasteiger partial charge in [-0.25, -0.2) is 0 Å². The first-order valence-electron chi connectivity index (χ1n) is 7.56. The molecule has 0 amide bonds. The summed E-state index contributed by atoms with van der Waals surface area (Å²) in [7, 11) is 0. The quantitative estimate of drug-likeness (QED) is 0.808. The van der Waals surface area contributed by atoms with E-state index in [9.17, 15) is 26.7 Å². The van der Waals surface area contributed by atoms with Crippen LogP contribution in [0.15, 0.2) is 12.1 Å². The molecule has 0 spiro atoms. The molecule has 0 unspecified atom stereocenters. The van der Waals surface area contributed by atoms with Crippen LogP contribution in [0.3, 0.4) is 0 Å². The number of benzene rings is 1. The largest absolute Gasteiger partial charge is 0.481 e. The highest BCUT2D eigenvalue weighted by molar-refractivity contribution is 5.71. The van der Waals surface area contributed by atoms with Crippen molar-refractivity contribution < 1.29 is 36.6 Å². The first kappa shape index (κ1) is 19.4. The van der Waals surface area contributed by atoms with Gasteiger partial charge in [0.15, 0.2) is 0 Å². The van der Waals surface area contributed by atoms with Crippen molar-refractivity contribution in [3.05, 3.63) is 28.8 Å². The van der Waals surface area contributed by atoms with Crippen LogP contribution in [0.5, 0.6) is 5.75 Å². The van der Waals surface area contributed by atoms with Gasteiger partial charge in [0.2, 0.25) is 0 Å². The fourth-order valence-corrected chi connectivity index (χ4v) is 3.26. The topological polar surface area (TPSA) is 49.8 Å². The van der Waals surface area contributed by atoms with Crippen LogP contribution in [0, 0.1) is 25.7 Å². The lowest BCUT2D eigenvalue weighted by Crippen LogP contribution is -2.33. The molecule has 1 aliphatic rings. The second-order valence-electron chi connectivity index (χ2n) is 6.22. The maximum Gasteiger partial charge on any atom is 0.393 e. The minimum atomic E-state index is -4.58. The maximum atomic E-state index is 13.0. The van der Waals surface area contributed by atoms with E-state index in [1.54, 1.807) is 26.0 Å². The van der Waals surface area contributed by atoms with E-state index < -0.39 is 37.1 Å². The summed E-state index contributed by atoms with van der Waals surface area (Å²) in [5.41, 5.74) is 1.50. The zero-order chi connectivity index (χ0) is 18.9. The highest BCUT2D eigenvalue weighted by atomic mass is 19.4. The van der Waals surface area contributed by atoms with Gasteiger partial charge in [-0.1, -0.05) is 12.1 Å². The Morgan fingerprint density at radius 1 is 1.28 bits per heavy atom. The van der Waals surface area contributed by atoms with E-state index in [0.29, 0.717) is 16.7 Å². The zero-order valence-electron chi connectivity index (χ0n) is 13.6. The van der Waals surface area contributed by atoms with Crippen molar-refractivity contribution in [2.24, 2.45) is 11.8 Å². The summed E-state index contributed by atoms with van der Waals surface area (Å²) in [5.74, 6) is -4.87. The molecule has 140 valence electrons. The van der Waals surface area contributed by atoms with Crippen LogP contribution in [0.25, 0.3) is 0 Å². The zero-order valence-corrected chi connectivity index (χ0v) is 13.6. The fraction of sp³-hybridized carbons (Fsp3) is 0.562. The van der Waals surface area contributed by atoms with E-state index in [0.717, 1.165) is 0 Å². The third-order valence-electron chi connectivity index (χ3n) is 4.27. The Morgan fingerprint density at radius 2 is 1.84 bits per heavy atom. The highest BCUT2D eigenvalue weighted by Crippen LogP contribution is 2.38. The van der Waals surface area contributed by atoms with E-state index >= 15 is 0 Å². The van der Waals surface area contributed by atoms with Gasteiger partial charge >= 0.3 is 18.8 Å². The first-order valence-corrected chi connectivity index (χ1v) is 7.56. The number of likely N-dealkylation sites (tertiary alicyclic amines) is 1. The molecule has 1 heterocycles. The van der Waals surface area contributed by atoms with Crippen LogP contribution in [0.4, 0.5) is 22.0 Å². The summed E-state index contributed by atoms with van der Waals surface area (Å²) in [6, 6.07) is 3.11. The molecule has 1 aliphatic heterocycles. The Balaban J connectivity index is 2.16. The highest BCUT2D eigenvalue weighted by Gasteiger charge is 2.52. The van der Waals surface area contributed by atoms with Gasteiger partial charge in [0, 0.05) is 19.6 Å². The second kappa shape index (κ2) is 7.15. The Bertz CT molecular complexity index is 624. The minimum absolute atomic E-state index is 0.0387. The number of nitrogens with zero attached hydrogens (tertiary/aromatic N) is 1. The standard InChI is InChI=1S/C16H18F5NO3/c1-8-3-10(4-9(2)13(8)25-15(17)18)5-22-6-11(14(23)24)12(7-22)16(19,20)21/h3-4,11-12,15H,5-7H2,1-2H3,(H,23,24)/t11-,12-/m1/s1. The molecule has 25 heavy (non-hydrogen) atoms. The molecule has 1 fully saturated rings. The Kier molecular flexibility index (Phi) is 5.55. The fourth-order valence-electron chi connectivity index (χ4n) is 3.26. The molecule has 1 saturated heterocycles. The van der Waals surface area contributed by atoms with Crippen LogP contribution in [0.2, 0.25) is 0 Å². The lowest BCUT2D eigenvalue weighted by molar-refractivity contribution is -0.188. The molecule has 1 aromatic rings. The summed E-state index contributed by atoms with van der Waals surface area (Å²) >= 11 is 0. The van der Waals surface area contributed by atoms with Crippen LogP contribution in [-0.2, 0) is 11.3 Å². The van der Waals surface area contributed by atoms with E-state index in [1.807, 2.05) is 0 Å². The molecule has 0 aliphatic carbocycles. The third kappa shape index (κ3) is 4.59. The Hall–Kier alpha value is -1.90. The van der Waals surface area contributed by atoms with E-state index in [2.05, 4.69) is 4.74 Å². The average Bonchev–Trinajstić information content (AvgIpc) is 2.87. The van der Waals surface area contributed by atoms with Crippen molar-refractivity contribution in [1.29, 1.82) is 0 Å². The predicted octanol–water partition coefficient (Wildman–Crippen LogP) is 3.60. The maximum absolute atomic E-state index is 13.0. The molecule has 2 rings (SSSR count). The SMILES string of the molecule is Cc1cc(CN2C[C@@H](C(F)(F)F)[C@H](C(=O)O)C2)cc(C)c1OC(F)F. The van der Waals surface area contributed by atoms with Crippen molar-refractivity contribution in [2.45, 2.75) is 33.2 Å². The monoisotopic (exact) mass is 367 g/mol. The summed E-state index contributed by atoms with van der Waals surface area (Å²) < 4.78 is 68.2. The number of aliphatic carboxylic acids is 1. The lowest BCUT2D eigenvalue weighted by Gasteiger charge is -2.19. The molecular weight excluding hydrogens is 349 g/mol. The molecule has 0 saturated carbocycles. The second-order valence-corrected chi connectivity index (χ2v) is 6.22. The average molecular weight is 367 g/mol. The van der Waals surface area contributed by atoms with Gasteiger partial charge in [0.05, 0.1) is 11.8 Å². The molecule has 0 radical (unpaired) electrons. The van der Waals surface area contributed by atoms with Crippen molar-refractivity contribution in [1.82, 2.24) is 4.90 Å². The molecular formula is C16H18F5NO3. The van der Waals surface area contributed by atoms with Crippen molar-refractivity contribution in [3.63, 3.8) is 0 Å². The van der Waals surface area contributed by atoms with Gasteiger partial charge in [0.25, 0.3) is 0 Å². The van der Waals surface area contributed by atoms with Gasteiger partial charge in [0.1, 0.15) is 5.75 Å². The van der Waals surface area contributed by atoms with Gasteiger partial charge in [-0.05, 0) is 30.5 Å². The number of rotatable bonds is 5. The number of carboxylic acids is 1. The smallest absolute Gasteiger partial charge is 0.393 e. The predicted molar refractivity (Wildman–Crippen MR) is 78.5 cm³/mol. The van der Waals surface area contributed by atoms with Crippen molar-refractivity contribution >= 4 is 5.97 Å². The van der Waals surface area contributed by atoms with Gasteiger partial charge in [-0.3, -0.25) is 9.69 Å². The molecule has 1 N–H and O–H groups in total. The number of ether oxygens (including phenoxy) is 1. The Labute approximate surface area is 141 Å². The molecule has 0 bridgehead atoms. The van der Waals surface area contributed by atoms with Crippen molar-refractivity contribution in [3.8, 4) is 5.75 Å². The van der Waals surface area contributed by atoms with E-state index in [4.69, 9.17) is 5.11 Å². The number of carboxylic acid groups (broad SMARTS) is 1. The summed E-state index contributed by atoms with van der Waals surface area (Å²) in [6.07, 6.45) is -4.58.